The summed E-state index contributed by atoms with van der Waals surface area (Å²) in [6.07, 6.45) is -0.0314. The summed E-state index contributed by atoms with van der Waals surface area (Å²) in [5, 5.41) is 2.82. The first kappa shape index (κ1) is 22.2. The predicted octanol–water partition coefficient (Wildman–Crippen LogP) is 4.54. The molecule has 3 aromatic rings. The molecule has 0 atom stereocenters. The lowest BCUT2D eigenvalue weighted by Crippen LogP contribution is -2.15. The number of rotatable bonds is 8. The van der Waals surface area contributed by atoms with Gasteiger partial charge in [-0.05, 0) is 74.5 Å². The van der Waals surface area contributed by atoms with Crippen molar-refractivity contribution in [3.8, 4) is 11.5 Å². The van der Waals surface area contributed by atoms with Gasteiger partial charge in [-0.1, -0.05) is 12.1 Å². The van der Waals surface area contributed by atoms with Crippen molar-refractivity contribution < 1.29 is 22.7 Å². The van der Waals surface area contributed by atoms with Gasteiger partial charge in [0.15, 0.2) is 0 Å². The number of carbonyl (C=O) groups excluding carboxylic acids is 1. The first-order chi connectivity index (χ1) is 14.8. The monoisotopic (exact) mass is 440 g/mol. The third-order valence-electron chi connectivity index (χ3n) is 4.27. The van der Waals surface area contributed by atoms with E-state index in [0.717, 1.165) is 0 Å². The zero-order chi connectivity index (χ0) is 22.4. The molecular weight excluding hydrogens is 416 g/mol. The molecule has 0 heterocycles. The van der Waals surface area contributed by atoms with Gasteiger partial charge >= 0.3 is 0 Å². The molecule has 1 amide bonds. The van der Waals surface area contributed by atoms with E-state index in [2.05, 4.69) is 10.0 Å². The van der Waals surface area contributed by atoms with Crippen LogP contribution in [0.15, 0.2) is 77.7 Å². The van der Waals surface area contributed by atoms with E-state index in [1.165, 1.54) is 31.4 Å². The Morgan fingerprint density at radius 1 is 0.903 bits per heavy atom. The molecule has 31 heavy (non-hydrogen) atoms. The lowest BCUT2D eigenvalue weighted by molar-refractivity contribution is 0.102. The van der Waals surface area contributed by atoms with Gasteiger partial charge < -0.3 is 14.8 Å². The number of amides is 1. The van der Waals surface area contributed by atoms with E-state index in [1.54, 1.807) is 42.5 Å². The molecule has 0 aliphatic heterocycles. The molecule has 0 spiro atoms. The number of hydrogen-bond donors (Lipinski definition) is 2. The average molecular weight is 441 g/mol. The number of benzene rings is 3. The fourth-order valence-electron chi connectivity index (χ4n) is 2.78. The van der Waals surface area contributed by atoms with Crippen molar-refractivity contribution in [3.05, 3.63) is 78.4 Å². The van der Waals surface area contributed by atoms with E-state index in [0.29, 0.717) is 28.4 Å². The second-order valence-corrected chi connectivity index (χ2v) is 8.66. The van der Waals surface area contributed by atoms with Crippen LogP contribution in [-0.2, 0) is 10.0 Å². The number of para-hydroxylation sites is 2. The van der Waals surface area contributed by atoms with Gasteiger partial charge in [-0.25, -0.2) is 8.42 Å². The molecule has 0 saturated heterocycles. The second kappa shape index (κ2) is 9.53. The van der Waals surface area contributed by atoms with Crippen molar-refractivity contribution in [2.24, 2.45) is 0 Å². The molecule has 0 radical (unpaired) electrons. The van der Waals surface area contributed by atoms with Gasteiger partial charge in [-0.15, -0.1) is 0 Å². The molecule has 0 saturated carbocycles. The largest absolute Gasteiger partial charge is 0.497 e. The smallest absolute Gasteiger partial charge is 0.261 e. The van der Waals surface area contributed by atoms with E-state index < -0.39 is 10.0 Å². The molecule has 0 aromatic heterocycles. The Hall–Kier alpha value is -3.52. The number of sulfonamides is 1. The second-order valence-electron chi connectivity index (χ2n) is 6.98. The van der Waals surface area contributed by atoms with Crippen molar-refractivity contribution in [2.75, 3.05) is 17.1 Å². The van der Waals surface area contributed by atoms with Crippen molar-refractivity contribution in [2.45, 2.75) is 24.8 Å². The molecule has 0 unspecified atom stereocenters. The Kier molecular flexibility index (Phi) is 6.81. The van der Waals surface area contributed by atoms with Gasteiger partial charge in [0.25, 0.3) is 15.9 Å². The van der Waals surface area contributed by atoms with E-state index in [1.807, 2.05) is 19.9 Å². The molecule has 0 fully saturated rings. The van der Waals surface area contributed by atoms with Gasteiger partial charge in [-0.3, -0.25) is 9.52 Å². The van der Waals surface area contributed by atoms with Gasteiger partial charge in [0.05, 0.1) is 23.8 Å². The van der Waals surface area contributed by atoms with Crippen LogP contribution in [0.3, 0.4) is 0 Å². The minimum absolute atomic E-state index is 0.0314. The summed E-state index contributed by atoms with van der Waals surface area (Å²) < 4.78 is 38.3. The number of anilines is 2. The first-order valence-corrected chi connectivity index (χ1v) is 11.1. The maximum absolute atomic E-state index is 12.6. The molecule has 3 aromatic carbocycles. The topological polar surface area (TPSA) is 93.7 Å². The molecule has 3 rings (SSSR count). The standard InChI is InChI=1S/C23H24N2O5S/c1-16(2)30-22-7-5-4-6-21(22)24-23(26)17-8-10-18(11-9-17)25-31(27,28)20-14-12-19(29-3)13-15-20/h4-16,25H,1-3H3,(H,24,26). The SMILES string of the molecule is COc1ccc(S(=O)(=O)Nc2ccc(C(=O)Nc3ccccc3OC(C)C)cc2)cc1. The van der Waals surface area contributed by atoms with E-state index in [9.17, 15) is 13.2 Å². The van der Waals surface area contributed by atoms with Crippen molar-refractivity contribution in [1.82, 2.24) is 0 Å². The Morgan fingerprint density at radius 3 is 2.16 bits per heavy atom. The van der Waals surface area contributed by atoms with E-state index in [4.69, 9.17) is 9.47 Å². The Bertz CT molecular complexity index is 1140. The predicted molar refractivity (Wildman–Crippen MR) is 120 cm³/mol. The van der Waals surface area contributed by atoms with E-state index >= 15 is 0 Å². The summed E-state index contributed by atoms with van der Waals surface area (Å²) in [6, 6.07) is 19.4. The first-order valence-electron chi connectivity index (χ1n) is 9.62. The Balaban J connectivity index is 1.70. The maximum atomic E-state index is 12.6. The molecule has 0 bridgehead atoms. The third kappa shape index (κ3) is 5.76. The van der Waals surface area contributed by atoms with Crippen LogP contribution in [0.1, 0.15) is 24.2 Å². The van der Waals surface area contributed by atoms with Crippen LogP contribution in [0.25, 0.3) is 0 Å². The minimum atomic E-state index is -3.76. The van der Waals surface area contributed by atoms with Crippen LogP contribution in [0, 0.1) is 0 Å². The van der Waals surface area contributed by atoms with Gasteiger partial charge in [0.1, 0.15) is 11.5 Å². The summed E-state index contributed by atoms with van der Waals surface area (Å²) >= 11 is 0. The Labute approximate surface area is 182 Å². The number of nitrogens with one attached hydrogen (secondary N) is 2. The maximum Gasteiger partial charge on any atom is 0.261 e. The van der Waals surface area contributed by atoms with E-state index in [-0.39, 0.29) is 16.9 Å². The number of carbonyl (C=O) groups is 1. The highest BCUT2D eigenvalue weighted by atomic mass is 32.2. The summed E-state index contributed by atoms with van der Waals surface area (Å²) in [4.78, 5) is 12.7. The molecule has 162 valence electrons. The lowest BCUT2D eigenvalue weighted by Gasteiger charge is -2.15. The van der Waals surface area contributed by atoms with Crippen molar-refractivity contribution in [1.29, 1.82) is 0 Å². The highest BCUT2D eigenvalue weighted by Gasteiger charge is 2.15. The normalized spacial score (nSPS) is 11.1. The molecule has 2 N–H and O–H groups in total. The highest BCUT2D eigenvalue weighted by Crippen LogP contribution is 2.26. The highest BCUT2D eigenvalue weighted by molar-refractivity contribution is 7.92. The minimum Gasteiger partial charge on any atom is -0.497 e. The van der Waals surface area contributed by atoms with Crippen LogP contribution in [-0.4, -0.2) is 27.5 Å². The third-order valence-corrected chi connectivity index (χ3v) is 5.66. The molecule has 7 nitrogen and oxygen atoms in total. The van der Waals surface area contributed by atoms with Crippen LogP contribution >= 0.6 is 0 Å². The van der Waals surface area contributed by atoms with Gasteiger partial charge in [0.2, 0.25) is 0 Å². The summed E-state index contributed by atoms with van der Waals surface area (Å²) in [7, 11) is -2.25. The van der Waals surface area contributed by atoms with Crippen LogP contribution in [0.4, 0.5) is 11.4 Å². The zero-order valence-electron chi connectivity index (χ0n) is 17.5. The quantitative estimate of drug-likeness (QED) is 0.537. The summed E-state index contributed by atoms with van der Waals surface area (Å²) in [5.74, 6) is 0.814. The van der Waals surface area contributed by atoms with Gasteiger partial charge in [0, 0.05) is 11.3 Å². The fourth-order valence-corrected chi connectivity index (χ4v) is 3.84. The molecule has 0 aliphatic rings. The lowest BCUT2D eigenvalue weighted by atomic mass is 10.2. The average Bonchev–Trinajstić information content (AvgIpc) is 2.75. The molecule has 8 heteroatoms. The fraction of sp³-hybridized carbons (Fsp3) is 0.174. The van der Waals surface area contributed by atoms with Crippen molar-refractivity contribution in [3.63, 3.8) is 0 Å². The summed E-state index contributed by atoms with van der Waals surface area (Å²) in [5.41, 5.74) is 1.29. The number of ether oxygens (including phenoxy) is 2. The van der Waals surface area contributed by atoms with Crippen LogP contribution in [0.2, 0.25) is 0 Å². The van der Waals surface area contributed by atoms with Gasteiger partial charge in [-0.2, -0.15) is 0 Å². The van der Waals surface area contributed by atoms with Crippen molar-refractivity contribution >= 4 is 27.3 Å². The number of hydrogen-bond acceptors (Lipinski definition) is 5. The van der Waals surface area contributed by atoms with Crippen LogP contribution in [0.5, 0.6) is 11.5 Å². The zero-order valence-corrected chi connectivity index (χ0v) is 18.3. The molecule has 0 aliphatic carbocycles. The number of methoxy groups -OCH3 is 1. The Morgan fingerprint density at radius 2 is 1.55 bits per heavy atom. The molecular formula is C23H24N2O5S. The summed E-state index contributed by atoms with van der Waals surface area (Å²) in [6.45, 7) is 3.81. The van der Waals surface area contributed by atoms with Crippen LogP contribution < -0.4 is 19.5 Å².